The zero-order valence-corrected chi connectivity index (χ0v) is 13.1. The predicted molar refractivity (Wildman–Crippen MR) is 84.0 cm³/mol. The molecule has 0 radical (unpaired) electrons. The molecule has 3 aromatic rings. The Hall–Kier alpha value is -2.57. The molecule has 116 valence electrons. The van der Waals surface area contributed by atoms with Gasteiger partial charge >= 0.3 is 0 Å². The number of fused-ring (bicyclic) bond motifs is 1. The van der Waals surface area contributed by atoms with Crippen molar-refractivity contribution in [3.05, 3.63) is 29.9 Å². The average molecular weight is 301 g/mol. The van der Waals surface area contributed by atoms with Crippen molar-refractivity contribution in [2.24, 2.45) is 0 Å². The van der Waals surface area contributed by atoms with Gasteiger partial charge in [0.1, 0.15) is 11.6 Å². The largest absolute Gasteiger partial charge is 0.423 e. The van der Waals surface area contributed by atoms with Gasteiger partial charge in [-0.3, -0.25) is 0 Å². The number of nitrogens with zero attached hydrogens (tertiary/aromatic N) is 4. The highest BCUT2D eigenvalue weighted by Crippen LogP contribution is 2.25. The van der Waals surface area contributed by atoms with Crippen molar-refractivity contribution in [2.45, 2.75) is 26.3 Å². The van der Waals surface area contributed by atoms with Crippen LogP contribution in [0.25, 0.3) is 11.1 Å². The number of hydrogen-bond donors (Lipinski definition) is 1. The topological polar surface area (TPSA) is 80.2 Å². The van der Waals surface area contributed by atoms with Gasteiger partial charge < -0.3 is 19.2 Å². The van der Waals surface area contributed by atoms with Crippen molar-refractivity contribution in [3.63, 3.8) is 0 Å². The lowest BCUT2D eigenvalue weighted by atomic mass is 10.2. The Morgan fingerprint density at radius 3 is 2.77 bits per heavy atom. The smallest absolute Gasteiger partial charge is 0.297 e. The van der Waals surface area contributed by atoms with Crippen molar-refractivity contribution >= 4 is 22.8 Å². The Morgan fingerprint density at radius 1 is 1.27 bits per heavy atom. The molecule has 3 rings (SSSR count). The van der Waals surface area contributed by atoms with Crippen molar-refractivity contribution in [1.82, 2.24) is 15.1 Å². The minimum atomic E-state index is -0.0783. The van der Waals surface area contributed by atoms with E-state index in [2.05, 4.69) is 20.4 Å². The molecule has 0 saturated heterocycles. The van der Waals surface area contributed by atoms with E-state index >= 15 is 0 Å². The van der Waals surface area contributed by atoms with Gasteiger partial charge in [0.2, 0.25) is 5.89 Å². The third-order valence-corrected chi connectivity index (χ3v) is 3.31. The normalized spacial score (nSPS) is 12.5. The molecule has 22 heavy (non-hydrogen) atoms. The minimum absolute atomic E-state index is 0.0783. The fraction of sp³-hybridized carbons (Fsp3) is 0.400. The summed E-state index contributed by atoms with van der Waals surface area (Å²) in [5.74, 6) is 1.29. The summed E-state index contributed by atoms with van der Waals surface area (Å²) in [5.41, 5.74) is 2.49. The van der Waals surface area contributed by atoms with Gasteiger partial charge in [-0.25, -0.2) is 0 Å². The number of aromatic nitrogens is 3. The van der Waals surface area contributed by atoms with Crippen molar-refractivity contribution in [1.29, 1.82) is 0 Å². The molecule has 0 aliphatic carbocycles. The highest BCUT2D eigenvalue weighted by molar-refractivity contribution is 5.79. The Balaban J connectivity index is 1.80. The van der Waals surface area contributed by atoms with Crippen LogP contribution in [0, 0.1) is 0 Å². The third kappa shape index (κ3) is 2.74. The second-order valence-electron chi connectivity index (χ2n) is 5.34. The molecule has 7 heteroatoms. The molecule has 2 aromatic heterocycles. The molecule has 0 aliphatic heterocycles. The molecular weight excluding hydrogens is 282 g/mol. The number of benzene rings is 1. The van der Waals surface area contributed by atoms with E-state index < -0.39 is 0 Å². The summed E-state index contributed by atoms with van der Waals surface area (Å²) in [6.07, 6.45) is 0.758. The highest BCUT2D eigenvalue weighted by atomic mass is 16.5. The van der Waals surface area contributed by atoms with E-state index in [-0.39, 0.29) is 6.04 Å². The molecule has 7 nitrogen and oxygen atoms in total. The van der Waals surface area contributed by atoms with E-state index in [4.69, 9.17) is 8.94 Å². The summed E-state index contributed by atoms with van der Waals surface area (Å²) in [6.45, 7) is 3.97. The van der Waals surface area contributed by atoms with E-state index in [0.717, 1.165) is 23.2 Å². The molecule has 2 heterocycles. The lowest BCUT2D eigenvalue weighted by molar-refractivity contribution is 0.363. The van der Waals surface area contributed by atoms with Gasteiger partial charge in [0.05, 0.1) is 0 Å². The quantitative estimate of drug-likeness (QED) is 0.775. The second kappa shape index (κ2) is 5.67. The minimum Gasteiger partial charge on any atom is -0.423 e. The van der Waals surface area contributed by atoms with Crippen LogP contribution in [0.2, 0.25) is 0 Å². The number of hydrogen-bond acceptors (Lipinski definition) is 7. The van der Waals surface area contributed by atoms with Gasteiger partial charge in [-0.15, -0.1) is 0 Å². The van der Waals surface area contributed by atoms with Crippen LogP contribution >= 0.6 is 0 Å². The van der Waals surface area contributed by atoms with Gasteiger partial charge in [-0.1, -0.05) is 12.1 Å². The number of anilines is 2. The molecule has 0 spiro atoms. The molecule has 1 N–H and O–H groups in total. The fourth-order valence-electron chi connectivity index (χ4n) is 2.10. The van der Waals surface area contributed by atoms with Crippen LogP contribution in [0.4, 0.5) is 11.7 Å². The van der Waals surface area contributed by atoms with Gasteiger partial charge in [0.15, 0.2) is 11.4 Å². The Labute approximate surface area is 128 Å². The molecule has 0 amide bonds. The SMILES string of the molecule is CCc1noc(C(C)Nc2ccc3oc(N(C)C)nc3c2)n1. The van der Waals surface area contributed by atoms with Crippen LogP contribution in [0.15, 0.2) is 27.1 Å². The van der Waals surface area contributed by atoms with E-state index in [1.54, 1.807) is 0 Å². The van der Waals surface area contributed by atoms with Crippen LogP contribution in [-0.2, 0) is 6.42 Å². The molecule has 0 fully saturated rings. The first-order valence-corrected chi connectivity index (χ1v) is 7.23. The fourth-order valence-corrected chi connectivity index (χ4v) is 2.10. The number of aryl methyl sites for hydroxylation is 1. The standard InChI is InChI=1S/C15H19N5O2/c1-5-13-18-14(22-19-13)9(2)16-10-6-7-12-11(8-10)17-15(21-12)20(3)4/h6-9,16H,5H2,1-4H3. The van der Waals surface area contributed by atoms with E-state index in [0.29, 0.717) is 17.7 Å². The maximum atomic E-state index is 5.64. The van der Waals surface area contributed by atoms with Crippen LogP contribution in [0.3, 0.4) is 0 Å². The molecule has 0 bridgehead atoms. The van der Waals surface area contributed by atoms with Crippen LogP contribution < -0.4 is 10.2 Å². The van der Waals surface area contributed by atoms with Crippen LogP contribution in [0.5, 0.6) is 0 Å². The van der Waals surface area contributed by atoms with Crippen LogP contribution in [0.1, 0.15) is 31.6 Å². The van der Waals surface area contributed by atoms with Gasteiger partial charge in [0, 0.05) is 26.2 Å². The first-order valence-electron chi connectivity index (χ1n) is 7.23. The second-order valence-corrected chi connectivity index (χ2v) is 5.34. The first-order chi connectivity index (χ1) is 10.6. The third-order valence-electron chi connectivity index (χ3n) is 3.31. The van der Waals surface area contributed by atoms with Crippen LogP contribution in [-0.4, -0.2) is 29.2 Å². The van der Waals surface area contributed by atoms with E-state index in [9.17, 15) is 0 Å². The summed E-state index contributed by atoms with van der Waals surface area (Å²) >= 11 is 0. The average Bonchev–Trinajstić information content (AvgIpc) is 3.13. The molecule has 1 atom stereocenters. The lowest BCUT2D eigenvalue weighted by Gasteiger charge is -2.10. The molecule has 1 aromatic carbocycles. The highest BCUT2D eigenvalue weighted by Gasteiger charge is 2.14. The number of oxazole rings is 1. The summed E-state index contributed by atoms with van der Waals surface area (Å²) in [7, 11) is 3.79. The van der Waals surface area contributed by atoms with Crippen molar-refractivity contribution in [2.75, 3.05) is 24.3 Å². The Morgan fingerprint density at radius 2 is 2.09 bits per heavy atom. The maximum absolute atomic E-state index is 5.64. The summed E-state index contributed by atoms with van der Waals surface area (Å²) in [4.78, 5) is 10.6. The molecular formula is C15H19N5O2. The number of nitrogens with one attached hydrogen (secondary N) is 1. The maximum Gasteiger partial charge on any atom is 0.297 e. The molecule has 1 unspecified atom stereocenters. The number of rotatable bonds is 5. The summed E-state index contributed by atoms with van der Waals surface area (Å²) in [5, 5.41) is 7.25. The zero-order chi connectivity index (χ0) is 15.7. The van der Waals surface area contributed by atoms with Gasteiger partial charge in [-0.2, -0.15) is 9.97 Å². The monoisotopic (exact) mass is 301 g/mol. The Kier molecular flexibility index (Phi) is 3.70. The lowest BCUT2D eigenvalue weighted by Crippen LogP contribution is -2.08. The predicted octanol–water partition coefficient (Wildman–Crippen LogP) is 3.01. The summed E-state index contributed by atoms with van der Waals surface area (Å²) < 4.78 is 10.9. The van der Waals surface area contributed by atoms with Crippen molar-refractivity contribution in [3.8, 4) is 0 Å². The van der Waals surface area contributed by atoms with E-state index in [1.807, 2.05) is 51.0 Å². The van der Waals surface area contributed by atoms with Gasteiger partial charge in [0.25, 0.3) is 6.01 Å². The zero-order valence-electron chi connectivity index (χ0n) is 13.1. The Bertz CT molecular complexity index is 777. The van der Waals surface area contributed by atoms with E-state index in [1.165, 1.54) is 0 Å². The first kappa shape index (κ1) is 14.4. The molecule has 0 aliphatic rings. The molecule has 0 saturated carbocycles. The summed E-state index contributed by atoms with van der Waals surface area (Å²) in [6, 6.07) is 6.30. The van der Waals surface area contributed by atoms with Crippen molar-refractivity contribution < 1.29 is 8.94 Å². The van der Waals surface area contributed by atoms with Gasteiger partial charge in [-0.05, 0) is 25.1 Å².